The van der Waals surface area contributed by atoms with Crippen molar-refractivity contribution in [1.82, 2.24) is 14.8 Å². The van der Waals surface area contributed by atoms with Crippen LogP contribution in [0.4, 0.5) is 0 Å². The molecule has 1 atom stereocenters. The first kappa shape index (κ1) is 14.6. The third-order valence-electron chi connectivity index (χ3n) is 5.51. The number of carbonyl (C=O) groups excluding carboxylic acids is 1. The Labute approximate surface area is 137 Å². The quantitative estimate of drug-likeness (QED) is 0.856. The van der Waals surface area contributed by atoms with Crippen molar-refractivity contribution in [3.8, 4) is 0 Å². The zero-order valence-electron chi connectivity index (χ0n) is 13.7. The van der Waals surface area contributed by atoms with Crippen LogP contribution in [0.2, 0.25) is 0 Å². The van der Waals surface area contributed by atoms with Gasteiger partial charge in [0.05, 0.1) is 10.9 Å². The minimum Gasteiger partial charge on any atom is -0.345 e. The normalized spacial score (nSPS) is 25.6. The fraction of sp³-hybridized carbons (Fsp3) is 0.474. The first-order chi connectivity index (χ1) is 11.2. The molecular formula is C19H23N3O. The number of aromatic nitrogens is 1. The van der Waals surface area contributed by atoms with E-state index >= 15 is 0 Å². The van der Waals surface area contributed by atoms with Gasteiger partial charge in [0, 0.05) is 38.3 Å². The maximum absolute atomic E-state index is 12.6. The number of amides is 1. The van der Waals surface area contributed by atoms with E-state index in [9.17, 15) is 4.79 Å². The topological polar surface area (TPSA) is 36.4 Å². The molecule has 23 heavy (non-hydrogen) atoms. The lowest BCUT2D eigenvalue weighted by Crippen LogP contribution is -2.48. The molecular weight excluding hydrogens is 286 g/mol. The summed E-state index contributed by atoms with van der Waals surface area (Å²) in [5.41, 5.74) is 2.23. The molecule has 2 aliphatic rings. The monoisotopic (exact) mass is 309 g/mol. The van der Waals surface area contributed by atoms with Crippen molar-refractivity contribution in [3.05, 3.63) is 42.1 Å². The molecule has 4 nitrogen and oxygen atoms in total. The molecule has 1 unspecified atom stereocenters. The van der Waals surface area contributed by atoms with E-state index in [0.717, 1.165) is 51.0 Å². The SMILES string of the molecule is CN1CCCC2(CCN(Cc3cccc4ncccc34)C2)C1=O. The number of hydrogen-bond donors (Lipinski definition) is 0. The van der Waals surface area contributed by atoms with Crippen LogP contribution in [0.1, 0.15) is 24.8 Å². The van der Waals surface area contributed by atoms with Gasteiger partial charge in [-0.05, 0) is 43.5 Å². The molecule has 1 aromatic carbocycles. The summed E-state index contributed by atoms with van der Waals surface area (Å²) in [7, 11) is 1.95. The van der Waals surface area contributed by atoms with Crippen molar-refractivity contribution in [2.75, 3.05) is 26.7 Å². The molecule has 0 aliphatic carbocycles. The molecule has 1 amide bonds. The Morgan fingerprint density at radius 1 is 1.17 bits per heavy atom. The molecule has 0 bridgehead atoms. The smallest absolute Gasteiger partial charge is 0.229 e. The van der Waals surface area contributed by atoms with Crippen molar-refractivity contribution < 1.29 is 4.79 Å². The van der Waals surface area contributed by atoms with Crippen molar-refractivity contribution >= 4 is 16.8 Å². The van der Waals surface area contributed by atoms with Crippen molar-refractivity contribution in [2.24, 2.45) is 5.41 Å². The van der Waals surface area contributed by atoms with Gasteiger partial charge >= 0.3 is 0 Å². The van der Waals surface area contributed by atoms with E-state index in [1.54, 1.807) is 0 Å². The Hall–Kier alpha value is -1.94. The summed E-state index contributed by atoms with van der Waals surface area (Å²) in [6.07, 6.45) is 5.02. The molecule has 1 aromatic heterocycles. The molecule has 2 fully saturated rings. The van der Waals surface area contributed by atoms with Crippen molar-refractivity contribution in [2.45, 2.75) is 25.8 Å². The molecule has 0 saturated carbocycles. The number of benzene rings is 1. The van der Waals surface area contributed by atoms with E-state index in [-0.39, 0.29) is 5.41 Å². The second kappa shape index (κ2) is 5.60. The summed E-state index contributed by atoms with van der Waals surface area (Å²) in [6.45, 7) is 3.72. The van der Waals surface area contributed by atoms with Crippen LogP contribution in [0.3, 0.4) is 0 Å². The molecule has 1 spiro atoms. The Morgan fingerprint density at radius 2 is 2.09 bits per heavy atom. The predicted molar refractivity (Wildman–Crippen MR) is 90.9 cm³/mol. The second-order valence-corrected chi connectivity index (χ2v) is 7.06. The van der Waals surface area contributed by atoms with Crippen LogP contribution in [0.15, 0.2) is 36.5 Å². The summed E-state index contributed by atoms with van der Waals surface area (Å²) in [5.74, 6) is 0.353. The molecule has 4 heteroatoms. The fourth-order valence-corrected chi connectivity index (χ4v) is 4.29. The Kier molecular flexibility index (Phi) is 3.57. The largest absolute Gasteiger partial charge is 0.345 e. The van der Waals surface area contributed by atoms with Crippen LogP contribution in [0.5, 0.6) is 0 Å². The lowest BCUT2D eigenvalue weighted by molar-refractivity contribution is -0.143. The van der Waals surface area contributed by atoms with Crippen LogP contribution in [0, 0.1) is 5.41 Å². The summed E-state index contributed by atoms with van der Waals surface area (Å²) >= 11 is 0. The number of pyridine rings is 1. The molecule has 2 aromatic rings. The molecule has 2 saturated heterocycles. The molecule has 2 aliphatic heterocycles. The zero-order valence-corrected chi connectivity index (χ0v) is 13.7. The first-order valence-corrected chi connectivity index (χ1v) is 8.49. The van der Waals surface area contributed by atoms with Gasteiger partial charge in [-0.25, -0.2) is 0 Å². The maximum atomic E-state index is 12.6. The van der Waals surface area contributed by atoms with Gasteiger partial charge < -0.3 is 4.90 Å². The standard InChI is InChI=1S/C19H23N3O/c1-21-11-4-8-19(18(21)23)9-12-22(14-19)13-15-5-2-7-17-16(15)6-3-10-20-17/h2-3,5-7,10H,4,8-9,11-14H2,1H3. The molecule has 120 valence electrons. The van der Waals surface area contributed by atoms with Gasteiger partial charge in [-0.15, -0.1) is 0 Å². The first-order valence-electron chi connectivity index (χ1n) is 8.49. The van der Waals surface area contributed by atoms with E-state index in [0.29, 0.717) is 5.91 Å². The van der Waals surface area contributed by atoms with Gasteiger partial charge in [0.2, 0.25) is 5.91 Å². The van der Waals surface area contributed by atoms with Crippen LogP contribution < -0.4 is 0 Å². The summed E-state index contributed by atoms with van der Waals surface area (Å²) in [5, 5.41) is 1.23. The van der Waals surface area contributed by atoms with Crippen molar-refractivity contribution in [3.63, 3.8) is 0 Å². The Bertz CT molecular complexity index is 739. The molecule has 0 N–H and O–H groups in total. The van der Waals surface area contributed by atoms with Crippen LogP contribution >= 0.6 is 0 Å². The third-order valence-corrected chi connectivity index (χ3v) is 5.51. The number of likely N-dealkylation sites (tertiary alicyclic amines) is 2. The minimum atomic E-state index is -0.129. The van der Waals surface area contributed by atoms with Gasteiger partial charge in [0.15, 0.2) is 0 Å². The van der Waals surface area contributed by atoms with Gasteiger partial charge in [-0.3, -0.25) is 14.7 Å². The molecule has 3 heterocycles. The number of carbonyl (C=O) groups is 1. The summed E-state index contributed by atoms with van der Waals surface area (Å²) in [4.78, 5) is 21.5. The van der Waals surface area contributed by atoms with Crippen LogP contribution in [0.25, 0.3) is 10.9 Å². The highest BCUT2D eigenvalue weighted by atomic mass is 16.2. The fourth-order valence-electron chi connectivity index (χ4n) is 4.29. The highest BCUT2D eigenvalue weighted by Gasteiger charge is 2.47. The second-order valence-electron chi connectivity index (χ2n) is 7.06. The maximum Gasteiger partial charge on any atom is 0.229 e. The highest BCUT2D eigenvalue weighted by molar-refractivity contribution is 5.84. The summed E-state index contributed by atoms with van der Waals surface area (Å²) < 4.78 is 0. The number of fused-ring (bicyclic) bond motifs is 1. The average molecular weight is 309 g/mol. The van der Waals surface area contributed by atoms with Crippen molar-refractivity contribution in [1.29, 1.82) is 0 Å². The number of piperidine rings is 1. The van der Waals surface area contributed by atoms with Crippen LogP contribution in [-0.4, -0.2) is 47.4 Å². The third kappa shape index (κ3) is 2.51. The lowest BCUT2D eigenvalue weighted by Gasteiger charge is -2.37. The predicted octanol–water partition coefficient (Wildman–Crippen LogP) is 2.68. The van der Waals surface area contributed by atoms with Gasteiger partial charge in [-0.1, -0.05) is 18.2 Å². The lowest BCUT2D eigenvalue weighted by atomic mass is 9.78. The van der Waals surface area contributed by atoms with E-state index in [4.69, 9.17) is 0 Å². The highest BCUT2D eigenvalue weighted by Crippen LogP contribution is 2.40. The van der Waals surface area contributed by atoms with E-state index in [1.807, 2.05) is 24.2 Å². The van der Waals surface area contributed by atoms with Gasteiger partial charge in [-0.2, -0.15) is 0 Å². The zero-order chi connectivity index (χ0) is 15.9. The minimum absolute atomic E-state index is 0.129. The molecule has 4 rings (SSSR count). The Balaban J connectivity index is 1.55. The van der Waals surface area contributed by atoms with Gasteiger partial charge in [0.1, 0.15) is 0 Å². The average Bonchev–Trinajstić information content (AvgIpc) is 2.97. The number of hydrogen-bond acceptors (Lipinski definition) is 3. The number of nitrogens with zero attached hydrogens (tertiary/aromatic N) is 3. The Morgan fingerprint density at radius 3 is 3.00 bits per heavy atom. The van der Waals surface area contributed by atoms with E-state index in [2.05, 4.69) is 34.1 Å². The van der Waals surface area contributed by atoms with E-state index in [1.165, 1.54) is 10.9 Å². The summed E-state index contributed by atoms with van der Waals surface area (Å²) in [6, 6.07) is 10.5. The van der Waals surface area contributed by atoms with Gasteiger partial charge in [0.25, 0.3) is 0 Å². The van der Waals surface area contributed by atoms with E-state index < -0.39 is 0 Å². The molecule has 0 radical (unpaired) electrons. The number of rotatable bonds is 2. The van der Waals surface area contributed by atoms with Crippen LogP contribution in [-0.2, 0) is 11.3 Å².